The first-order chi connectivity index (χ1) is 14.1. The number of hydrogen-bond acceptors (Lipinski definition) is 3. The predicted molar refractivity (Wildman–Crippen MR) is 116 cm³/mol. The monoisotopic (exact) mass is 391 g/mol. The van der Waals surface area contributed by atoms with Gasteiger partial charge in [0.2, 0.25) is 11.8 Å². The standard InChI is InChI=1S/C24H29N3O2/c1-3-27(20-11-7-8-18(2)16-20)24(29)22-17-21(22)23(28)26-14-12-25(13-15-26)19-9-5-4-6-10-19/h4-11,16,21-22H,3,12-15,17H2,1-2H3. The summed E-state index contributed by atoms with van der Waals surface area (Å²) in [6.07, 6.45) is 0.679. The van der Waals surface area contributed by atoms with Crippen LogP contribution in [-0.2, 0) is 9.59 Å². The predicted octanol–water partition coefficient (Wildman–Crippen LogP) is 3.33. The van der Waals surface area contributed by atoms with Crippen molar-refractivity contribution in [1.82, 2.24) is 4.90 Å². The van der Waals surface area contributed by atoms with Crippen molar-refractivity contribution in [3.05, 3.63) is 60.2 Å². The molecule has 2 aromatic rings. The topological polar surface area (TPSA) is 43.9 Å². The van der Waals surface area contributed by atoms with Crippen LogP contribution in [0.1, 0.15) is 18.9 Å². The number of aryl methyl sites for hydroxylation is 1. The van der Waals surface area contributed by atoms with Crippen molar-refractivity contribution >= 4 is 23.2 Å². The molecule has 1 aliphatic carbocycles. The minimum Gasteiger partial charge on any atom is -0.368 e. The van der Waals surface area contributed by atoms with E-state index in [2.05, 4.69) is 17.0 Å². The van der Waals surface area contributed by atoms with Gasteiger partial charge in [-0.25, -0.2) is 0 Å². The molecule has 5 nitrogen and oxygen atoms in total. The summed E-state index contributed by atoms with van der Waals surface area (Å²) < 4.78 is 0. The molecule has 1 saturated carbocycles. The third-order valence-corrected chi connectivity index (χ3v) is 6.03. The molecule has 2 amide bonds. The summed E-state index contributed by atoms with van der Waals surface area (Å²) in [4.78, 5) is 32.1. The van der Waals surface area contributed by atoms with Crippen molar-refractivity contribution in [3.8, 4) is 0 Å². The molecule has 0 radical (unpaired) electrons. The van der Waals surface area contributed by atoms with Crippen LogP contribution in [0.25, 0.3) is 0 Å². The Labute approximate surface area is 172 Å². The maximum atomic E-state index is 13.0. The fraction of sp³-hybridized carbons (Fsp3) is 0.417. The highest BCUT2D eigenvalue weighted by atomic mass is 16.2. The van der Waals surface area contributed by atoms with Gasteiger partial charge in [0.05, 0.1) is 11.8 Å². The first-order valence-electron chi connectivity index (χ1n) is 10.6. The molecule has 152 valence electrons. The number of nitrogens with zero attached hydrogens (tertiary/aromatic N) is 3. The van der Waals surface area contributed by atoms with Crippen LogP contribution in [0.3, 0.4) is 0 Å². The first kappa shape index (κ1) is 19.5. The molecule has 1 aliphatic heterocycles. The van der Waals surface area contributed by atoms with Crippen LogP contribution in [0, 0.1) is 18.8 Å². The zero-order valence-corrected chi connectivity index (χ0v) is 17.3. The second-order valence-corrected chi connectivity index (χ2v) is 8.02. The molecule has 2 aromatic carbocycles. The summed E-state index contributed by atoms with van der Waals surface area (Å²) in [5, 5.41) is 0. The summed E-state index contributed by atoms with van der Waals surface area (Å²) >= 11 is 0. The first-order valence-corrected chi connectivity index (χ1v) is 10.6. The maximum absolute atomic E-state index is 13.0. The third-order valence-electron chi connectivity index (χ3n) is 6.03. The van der Waals surface area contributed by atoms with Crippen LogP contribution in [0.2, 0.25) is 0 Å². The number of hydrogen-bond donors (Lipinski definition) is 0. The van der Waals surface area contributed by atoms with E-state index in [9.17, 15) is 9.59 Å². The summed E-state index contributed by atoms with van der Waals surface area (Å²) in [5.74, 6) is -0.0875. The van der Waals surface area contributed by atoms with Gasteiger partial charge in [-0.05, 0) is 50.1 Å². The summed E-state index contributed by atoms with van der Waals surface area (Å²) in [6.45, 7) is 7.76. The lowest BCUT2D eigenvalue weighted by molar-refractivity contribution is -0.134. The lowest BCUT2D eigenvalue weighted by Crippen LogP contribution is -2.49. The zero-order valence-electron chi connectivity index (χ0n) is 17.3. The summed E-state index contributed by atoms with van der Waals surface area (Å²) in [5.41, 5.74) is 3.26. The number of carbonyl (C=O) groups is 2. The van der Waals surface area contributed by atoms with Gasteiger partial charge in [0, 0.05) is 44.1 Å². The second kappa shape index (κ2) is 8.27. The van der Waals surface area contributed by atoms with E-state index < -0.39 is 0 Å². The fourth-order valence-electron chi connectivity index (χ4n) is 4.26. The maximum Gasteiger partial charge on any atom is 0.230 e. The van der Waals surface area contributed by atoms with Crippen molar-refractivity contribution in [3.63, 3.8) is 0 Å². The molecule has 2 aliphatic rings. The summed E-state index contributed by atoms with van der Waals surface area (Å²) in [6, 6.07) is 18.3. The van der Waals surface area contributed by atoms with E-state index in [4.69, 9.17) is 0 Å². The van der Waals surface area contributed by atoms with E-state index in [0.29, 0.717) is 13.0 Å². The lowest BCUT2D eigenvalue weighted by Gasteiger charge is -2.36. The molecular weight excluding hydrogens is 362 g/mol. The Morgan fingerprint density at radius 1 is 0.966 bits per heavy atom. The van der Waals surface area contributed by atoms with Gasteiger partial charge in [-0.15, -0.1) is 0 Å². The van der Waals surface area contributed by atoms with Gasteiger partial charge in [-0.1, -0.05) is 30.3 Å². The van der Waals surface area contributed by atoms with Crippen LogP contribution in [0.15, 0.2) is 54.6 Å². The normalized spacial score (nSPS) is 21.0. The van der Waals surface area contributed by atoms with Gasteiger partial charge in [-0.3, -0.25) is 9.59 Å². The minimum absolute atomic E-state index is 0.0828. The molecule has 4 rings (SSSR count). The molecule has 0 bridgehead atoms. The van der Waals surface area contributed by atoms with Crippen LogP contribution in [-0.4, -0.2) is 49.4 Å². The third kappa shape index (κ3) is 4.14. The van der Waals surface area contributed by atoms with Gasteiger partial charge >= 0.3 is 0 Å². The van der Waals surface area contributed by atoms with Crippen molar-refractivity contribution in [2.45, 2.75) is 20.3 Å². The molecule has 1 heterocycles. The van der Waals surface area contributed by atoms with Gasteiger partial charge in [0.1, 0.15) is 0 Å². The highest BCUT2D eigenvalue weighted by Gasteiger charge is 2.51. The average molecular weight is 392 g/mol. The highest BCUT2D eigenvalue weighted by Crippen LogP contribution is 2.42. The Bertz CT molecular complexity index is 875. The number of piperazine rings is 1. The second-order valence-electron chi connectivity index (χ2n) is 8.02. The van der Waals surface area contributed by atoms with Crippen molar-refractivity contribution in [2.75, 3.05) is 42.5 Å². The van der Waals surface area contributed by atoms with E-state index >= 15 is 0 Å². The van der Waals surface area contributed by atoms with Crippen molar-refractivity contribution < 1.29 is 9.59 Å². The Hall–Kier alpha value is -2.82. The van der Waals surface area contributed by atoms with Crippen molar-refractivity contribution in [1.29, 1.82) is 0 Å². The van der Waals surface area contributed by atoms with Crippen LogP contribution in [0.4, 0.5) is 11.4 Å². The van der Waals surface area contributed by atoms with E-state index in [1.165, 1.54) is 5.69 Å². The Balaban J connectivity index is 1.34. The molecule has 29 heavy (non-hydrogen) atoms. The number of anilines is 2. The smallest absolute Gasteiger partial charge is 0.230 e. The number of benzene rings is 2. The Kier molecular flexibility index (Phi) is 5.56. The number of amides is 2. The molecule has 2 fully saturated rings. The number of rotatable bonds is 5. The van der Waals surface area contributed by atoms with Crippen molar-refractivity contribution in [2.24, 2.45) is 11.8 Å². The average Bonchev–Trinajstić information content (AvgIpc) is 3.55. The minimum atomic E-state index is -0.171. The molecule has 2 atom stereocenters. The molecule has 1 saturated heterocycles. The zero-order chi connectivity index (χ0) is 20.4. The molecule has 5 heteroatoms. The Morgan fingerprint density at radius 3 is 2.34 bits per heavy atom. The van der Waals surface area contributed by atoms with Gasteiger partial charge < -0.3 is 14.7 Å². The van der Waals surface area contributed by atoms with Gasteiger partial charge in [-0.2, -0.15) is 0 Å². The molecule has 0 aromatic heterocycles. The molecular formula is C24H29N3O2. The SMILES string of the molecule is CCN(C(=O)C1CC1C(=O)N1CCN(c2ccccc2)CC1)c1cccc(C)c1. The summed E-state index contributed by atoms with van der Waals surface area (Å²) in [7, 11) is 0. The quantitative estimate of drug-likeness (QED) is 0.785. The number of para-hydroxylation sites is 1. The molecule has 2 unspecified atom stereocenters. The molecule has 0 spiro atoms. The van der Waals surface area contributed by atoms with Crippen LogP contribution < -0.4 is 9.80 Å². The highest BCUT2D eigenvalue weighted by molar-refractivity contribution is 6.01. The van der Waals surface area contributed by atoms with E-state index in [1.807, 2.05) is 66.1 Å². The van der Waals surface area contributed by atoms with Crippen LogP contribution in [0.5, 0.6) is 0 Å². The Morgan fingerprint density at radius 2 is 1.69 bits per heavy atom. The van der Waals surface area contributed by atoms with Gasteiger partial charge in [0.15, 0.2) is 0 Å². The number of carbonyl (C=O) groups excluding carboxylic acids is 2. The fourth-order valence-corrected chi connectivity index (χ4v) is 4.26. The van der Waals surface area contributed by atoms with E-state index in [-0.39, 0.29) is 23.7 Å². The largest absolute Gasteiger partial charge is 0.368 e. The van der Waals surface area contributed by atoms with E-state index in [1.54, 1.807) is 0 Å². The molecule has 0 N–H and O–H groups in total. The van der Waals surface area contributed by atoms with Gasteiger partial charge in [0.25, 0.3) is 0 Å². The van der Waals surface area contributed by atoms with E-state index in [0.717, 1.165) is 37.4 Å². The lowest BCUT2D eigenvalue weighted by atomic mass is 10.1. The van der Waals surface area contributed by atoms with Crippen LogP contribution >= 0.6 is 0 Å².